The molecule has 154 valence electrons. The third-order valence-electron chi connectivity index (χ3n) is 4.72. The maximum absolute atomic E-state index is 12.1. The lowest BCUT2D eigenvalue weighted by atomic mass is 9.88. The molecule has 10 nitrogen and oxygen atoms in total. The fraction of sp³-hybridized carbons (Fsp3) is 0.333. The van der Waals surface area contributed by atoms with E-state index in [2.05, 4.69) is 10.9 Å². The summed E-state index contributed by atoms with van der Waals surface area (Å²) < 4.78 is 22.7. The second-order valence-corrected chi connectivity index (χ2v) is 8.35. The van der Waals surface area contributed by atoms with Crippen LogP contribution in [0.1, 0.15) is 30.2 Å². The van der Waals surface area contributed by atoms with Crippen molar-refractivity contribution in [3.8, 4) is 18.1 Å². The smallest absolute Gasteiger partial charge is 0.368 e. The normalized spacial score (nSPS) is 27.5. The molecule has 0 bridgehead atoms. The Balaban J connectivity index is 1.49. The lowest BCUT2D eigenvalue weighted by molar-refractivity contribution is -0.181. The van der Waals surface area contributed by atoms with E-state index in [1.807, 2.05) is 0 Å². The van der Waals surface area contributed by atoms with Crippen LogP contribution >= 0.6 is 8.17 Å². The van der Waals surface area contributed by atoms with E-state index in [-0.39, 0.29) is 25.0 Å². The third-order valence-corrected chi connectivity index (χ3v) is 6.13. The van der Waals surface area contributed by atoms with E-state index >= 15 is 0 Å². The Labute approximate surface area is 172 Å². The van der Waals surface area contributed by atoms with E-state index in [1.165, 1.54) is 6.20 Å². The summed E-state index contributed by atoms with van der Waals surface area (Å²) in [6, 6.07) is 6.87. The van der Waals surface area contributed by atoms with Gasteiger partial charge in [0.1, 0.15) is 24.5 Å². The average Bonchev–Trinajstić information content (AvgIpc) is 3.18. The van der Waals surface area contributed by atoms with E-state index in [1.54, 1.807) is 24.3 Å². The van der Waals surface area contributed by atoms with Gasteiger partial charge in [-0.1, -0.05) is 24.1 Å². The van der Waals surface area contributed by atoms with Gasteiger partial charge in [0.15, 0.2) is 19.3 Å². The second kappa shape index (κ2) is 7.67. The summed E-state index contributed by atoms with van der Waals surface area (Å²) in [4.78, 5) is 36.4. The predicted octanol–water partition coefficient (Wildman–Crippen LogP) is 0.306. The largest absolute Gasteiger partial charge is 0.621 e. The van der Waals surface area contributed by atoms with Crippen molar-refractivity contribution in [2.24, 2.45) is 0 Å². The summed E-state index contributed by atoms with van der Waals surface area (Å²) in [5, 5.41) is 10.6. The van der Waals surface area contributed by atoms with Crippen LogP contribution in [0.25, 0.3) is 0 Å². The number of hydrogen-bond acceptors (Lipinski definition) is 8. The number of fused-ring (bicyclic) bond motifs is 1. The summed E-state index contributed by atoms with van der Waals surface area (Å²) in [6.45, 7) is 0.00627. The van der Waals surface area contributed by atoms with Crippen LogP contribution in [0.15, 0.2) is 40.1 Å². The maximum atomic E-state index is 12.1. The highest BCUT2D eigenvalue weighted by molar-refractivity contribution is 7.56. The van der Waals surface area contributed by atoms with Gasteiger partial charge in [-0.25, -0.2) is 4.79 Å². The van der Waals surface area contributed by atoms with Crippen molar-refractivity contribution in [2.45, 2.75) is 37.5 Å². The Bertz CT molecular complexity index is 1130. The molecule has 3 heterocycles. The number of ether oxygens (including phenoxy) is 1. The van der Waals surface area contributed by atoms with Crippen molar-refractivity contribution < 1.29 is 28.3 Å². The highest BCUT2D eigenvalue weighted by atomic mass is 31.2. The van der Waals surface area contributed by atoms with Gasteiger partial charge in [0.05, 0.1) is 0 Å². The second-order valence-electron chi connectivity index (χ2n) is 6.79. The molecule has 2 aliphatic rings. The molecule has 0 saturated carbocycles. The van der Waals surface area contributed by atoms with Crippen LogP contribution in [0.5, 0.6) is 5.75 Å². The quantitative estimate of drug-likeness (QED) is 0.273. The zero-order valence-electron chi connectivity index (χ0n) is 15.6. The van der Waals surface area contributed by atoms with E-state index in [4.69, 9.17) is 32.6 Å². The number of aliphatic hydroxyl groups is 1. The van der Waals surface area contributed by atoms with Crippen molar-refractivity contribution in [3.05, 3.63) is 62.4 Å². The van der Waals surface area contributed by atoms with E-state index in [9.17, 15) is 19.6 Å². The van der Waals surface area contributed by atoms with Crippen LogP contribution in [0, 0.1) is 12.3 Å². The van der Waals surface area contributed by atoms with Gasteiger partial charge in [-0.2, -0.15) is 4.89 Å². The van der Waals surface area contributed by atoms with Crippen molar-refractivity contribution in [1.29, 1.82) is 0 Å². The topological polar surface area (TPSA) is 132 Å². The number of H-pyrrole nitrogens is 1. The number of rotatable bonds is 4. The van der Waals surface area contributed by atoms with Crippen LogP contribution in [0.2, 0.25) is 0 Å². The van der Waals surface area contributed by atoms with Gasteiger partial charge in [-0.05, 0) is 18.9 Å². The molecule has 2 radical (unpaired) electrons. The zero-order valence-corrected chi connectivity index (χ0v) is 16.5. The first-order valence-electron chi connectivity index (χ1n) is 8.94. The van der Waals surface area contributed by atoms with Gasteiger partial charge in [0.25, 0.3) is 5.56 Å². The van der Waals surface area contributed by atoms with Crippen LogP contribution in [-0.4, -0.2) is 39.2 Å². The number of aromatic nitrogens is 2. The Hall–Kier alpha value is -2.45. The first-order chi connectivity index (χ1) is 14.2. The molecular formula is C18H17BN2O8P+. The fourth-order valence-electron chi connectivity index (χ4n) is 3.23. The molecule has 0 aliphatic carbocycles. The lowest BCUT2D eigenvalue weighted by Gasteiger charge is -2.31. The minimum Gasteiger partial charge on any atom is -0.368 e. The molecule has 4 rings (SSSR count). The number of benzene rings is 1. The molecule has 2 aliphatic heterocycles. The molecule has 1 fully saturated rings. The Morgan fingerprint density at radius 1 is 1.37 bits per heavy atom. The van der Waals surface area contributed by atoms with Crippen molar-refractivity contribution >= 4 is 16.0 Å². The Morgan fingerprint density at radius 2 is 2.13 bits per heavy atom. The fourth-order valence-corrected chi connectivity index (χ4v) is 4.59. The van der Waals surface area contributed by atoms with E-state index in [0.29, 0.717) is 11.3 Å². The number of nitrogens with zero attached hydrogens (tertiary/aromatic N) is 1. The summed E-state index contributed by atoms with van der Waals surface area (Å²) in [6.07, 6.45) is 4.87. The molecule has 1 aromatic carbocycles. The Morgan fingerprint density at radius 3 is 2.90 bits per heavy atom. The first-order valence-corrected chi connectivity index (χ1v) is 10.4. The molecule has 1 aromatic heterocycles. The van der Waals surface area contributed by atoms with Crippen molar-refractivity contribution in [1.82, 2.24) is 9.55 Å². The summed E-state index contributed by atoms with van der Waals surface area (Å²) in [5.41, 5.74) is -3.25. The minimum atomic E-state index is -3.99. The monoisotopic (exact) mass is 431 g/mol. The number of terminal acetylenes is 1. The molecule has 0 amide bonds. The number of nitrogens with one attached hydrogen (secondary N) is 1. The molecule has 4 unspecified atom stereocenters. The van der Waals surface area contributed by atoms with E-state index < -0.39 is 37.4 Å². The molecule has 4 atom stereocenters. The standard InChI is InChI=1S/C18H16BN2O8P/c1-2-11-9-21(17(23)20-16(11)22)15-8-7-14(27-15)18(19,24)29-30(25)26-10-12-5-3-4-6-13(12)28-30/h1,3-6,9,14-15,24-25H,7-8,10H2/p+1. The molecular weight excluding hydrogens is 414 g/mol. The molecule has 2 aromatic rings. The predicted molar refractivity (Wildman–Crippen MR) is 105 cm³/mol. The van der Waals surface area contributed by atoms with E-state index in [0.717, 1.165) is 4.57 Å². The first kappa shape index (κ1) is 20.8. The van der Waals surface area contributed by atoms with Gasteiger partial charge in [0.2, 0.25) is 0 Å². The highest BCUT2D eigenvalue weighted by Crippen LogP contribution is 2.63. The van der Waals surface area contributed by atoms with Gasteiger partial charge in [-0.3, -0.25) is 18.9 Å². The van der Waals surface area contributed by atoms with Crippen LogP contribution in [0.4, 0.5) is 0 Å². The lowest BCUT2D eigenvalue weighted by Crippen LogP contribution is -2.46. The number of para-hydroxylation sites is 1. The third kappa shape index (κ3) is 3.94. The molecule has 12 heteroatoms. The molecule has 0 spiro atoms. The highest BCUT2D eigenvalue weighted by Gasteiger charge is 2.58. The average molecular weight is 431 g/mol. The maximum Gasteiger partial charge on any atom is 0.621 e. The number of hydrogen-bond donors (Lipinski definition) is 3. The zero-order chi connectivity index (χ0) is 21.5. The minimum absolute atomic E-state index is 0.00627. The van der Waals surface area contributed by atoms with Gasteiger partial charge < -0.3 is 9.84 Å². The SMILES string of the molecule is [B]C(O)(O[P+]1(O)OCc2ccccc2O1)C1CCC(n2cc(C#C)c(=O)[nH]c2=O)O1. The summed E-state index contributed by atoms with van der Waals surface area (Å²) >= 11 is 0. The van der Waals surface area contributed by atoms with Gasteiger partial charge in [-0.15, -0.1) is 15.5 Å². The summed E-state index contributed by atoms with van der Waals surface area (Å²) in [7, 11) is 1.87. The van der Waals surface area contributed by atoms with Gasteiger partial charge in [0, 0.05) is 11.8 Å². The van der Waals surface area contributed by atoms with Crippen LogP contribution < -0.4 is 15.8 Å². The molecule has 30 heavy (non-hydrogen) atoms. The van der Waals surface area contributed by atoms with Crippen molar-refractivity contribution in [2.75, 3.05) is 0 Å². The van der Waals surface area contributed by atoms with Crippen LogP contribution in [-0.2, 0) is 20.4 Å². The molecule has 3 N–H and O–H groups in total. The molecule has 1 saturated heterocycles. The number of aromatic amines is 1. The summed E-state index contributed by atoms with van der Waals surface area (Å²) in [5.74, 6) is 2.52. The van der Waals surface area contributed by atoms with Gasteiger partial charge >= 0.3 is 13.9 Å². The Kier molecular flexibility index (Phi) is 5.32. The van der Waals surface area contributed by atoms with Crippen molar-refractivity contribution in [3.63, 3.8) is 0 Å². The van der Waals surface area contributed by atoms with Crippen LogP contribution in [0.3, 0.4) is 0 Å².